The maximum atomic E-state index is 13.2. The third-order valence-electron chi connectivity index (χ3n) is 3.99. The second-order valence-electron chi connectivity index (χ2n) is 9.21. The maximum Gasteiger partial charge on any atom is 0.408 e. The van der Waals surface area contributed by atoms with Gasteiger partial charge in [-0.05, 0) is 47.6 Å². The molecule has 176 valence electrons. The van der Waals surface area contributed by atoms with E-state index in [4.69, 9.17) is 4.74 Å². The average molecular weight is 449 g/mol. The number of alkyl carbamates (subject to hydrolysis) is 1. The molecule has 0 aliphatic carbocycles. The van der Waals surface area contributed by atoms with Crippen molar-refractivity contribution in [2.24, 2.45) is 0 Å². The summed E-state index contributed by atoms with van der Waals surface area (Å²) < 4.78 is 5.12. The van der Waals surface area contributed by atoms with E-state index in [9.17, 15) is 29.9 Å². The van der Waals surface area contributed by atoms with E-state index in [0.717, 1.165) is 4.90 Å². The highest BCUT2D eigenvalue weighted by molar-refractivity contribution is 5.93. The fraction of sp³-hybridized carbons (Fsp3) is 0.545. The van der Waals surface area contributed by atoms with E-state index in [1.54, 1.807) is 53.7 Å². The molecular formula is C22H32N4O6. The number of phenols is 1. The van der Waals surface area contributed by atoms with Crippen LogP contribution in [0, 0.1) is 11.3 Å². The van der Waals surface area contributed by atoms with Gasteiger partial charge in [0.25, 0.3) is 0 Å². The van der Waals surface area contributed by atoms with Crippen LogP contribution in [0.5, 0.6) is 5.75 Å². The van der Waals surface area contributed by atoms with Crippen molar-refractivity contribution in [1.29, 1.82) is 5.26 Å². The molecule has 10 nitrogen and oxygen atoms in total. The van der Waals surface area contributed by atoms with E-state index < -0.39 is 54.3 Å². The molecule has 0 saturated heterocycles. The molecule has 3 amide bonds. The number of benzene rings is 1. The van der Waals surface area contributed by atoms with Crippen molar-refractivity contribution in [3.05, 3.63) is 29.8 Å². The van der Waals surface area contributed by atoms with Crippen molar-refractivity contribution in [2.45, 2.75) is 64.8 Å². The number of nitrogens with one attached hydrogen (secondary N) is 2. The van der Waals surface area contributed by atoms with Crippen LogP contribution in [0.3, 0.4) is 0 Å². The monoisotopic (exact) mass is 448 g/mol. The van der Waals surface area contributed by atoms with Crippen molar-refractivity contribution < 1.29 is 29.3 Å². The summed E-state index contributed by atoms with van der Waals surface area (Å²) in [5, 5.41) is 34.4. The molecule has 1 rings (SSSR count). The predicted molar refractivity (Wildman–Crippen MR) is 116 cm³/mol. The first-order chi connectivity index (χ1) is 14.7. The number of ether oxygens (including phenoxy) is 1. The Bertz CT molecular complexity index is 866. The van der Waals surface area contributed by atoms with Gasteiger partial charge >= 0.3 is 6.09 Å². The fourth-order valence-corrected chi connectivity index (χ4v) is 2.82. The van der Waals surface area contributed by atoms with Gasteiger partial charge in [0.1, 0.15) is 30.0 Å². The van der Waals surface area contributed by atoms with E-state index in [2.05, 4.69) is 10.6 Å². The normalized spacial score (nSPS) is 13.3. The minimum absolute atomic E-state index is 0.0896. The Morgan fingerprint density at radius 1 is 1.16 bits per heavy atom. The number of carbonyl (C=O) groups is 3. The molecule has 0 aliphatic heterocycles. The molecular weight excluding hydrogens is 416 g/mol. The zero-order valence-corrected chi connectivity index (χ0v) is 19.3. The van der Waals surface area contributed by atoms with Gasteiger partial charge in [-0.1, -0.05) is 18.2 Å². The Labute approximate surface area is 188 Å². The second kappa shape index (κ2) is 10.8. The Morgan fingerprint density at radius 3 is 2.22 bits per heavy atom. The molecule has 0 radical (unpaired) electrons. The van der Waals surface area contributed by atoms with Crippen LogP contribution in [-0.4, -0.2) is 63.4 Å². The number of hydrogen-bond acceptors (Lipinski definition) is 7. The summed E-state index contributed by atoms with van der Waals surface area (Å²) >= 11 is 0. The van der Waals surface area contributed by atoms with Crippen molar-refractivity contribution in [2.75, 3.05) is 13.2 Å². The van der Waals surface area contributed by atoms with Gasteiger partial charge in [-0.2, -0.15) is 5.26 Å². The summed E-state index contributed by atoms with van der Waals surface area (Å²) in [6, 6.07) is 4.88. The molecule has 0 bridgehead atoms. The van der Waals surface area contributed by atoms with Crippen LogP contribution >= 0.6 is 0 Å². The van der Waals surface area contributed by atoms with Crippen LogP contribution in [0.15, 0.2) is 24.3 Å². The molecule has 2 atom stereocenters. The third-order valence-corrected chi connectivity index (χ3v) is 3.99. The van der Waals surface area contributed by atoms with Crippen LogP contribution in [0.2, 0.25) is 0 Å². The van der Waals surface area contributed by atoms with Crippen LogP contribution in [0.4, 0.5) is 4.79 Å². The number of phenolic OH excluding ortho intramolecular Hbond substituents is 1. The van der Waals surface area contributed by atoms with Gasteiger partial charge in [-0.3, -0.25) is 9.59 Å². The van der Waals surface area contributed by atoms with E-state index in [0.29, 0.717) is 0 Å². The summed E-state index contributed by atoms with van der Waals surface area (Å²) in [4.78, 5) is 39.4. The Hall–Kier alpha value is -3.32. The van der Waals surface area contributed by atoms with Gasteiger partial charge in [-0.25, -0.2) is 4.79 Å². The lowest BCUT2D eigenvalue weighted by atomic mass is 10.00. The Morgan fingerprint density at radius 2 is 1.75 bits per heavy atom. The minimum Gasteiger partial charge on any atom is -0.508 e. The van der Waals surface area contributed by atoms with Crippen molar-refractivity contribution in [3.8, 4) is 11.8 Å². The summed E-state index contributed by atoms with van der Waals surface area (Å²) in [6.07, 6.45) is -0.944. The molecule has 0 saturated carbocycles. The van der Waals surface area contributed by atoms with Crippen molar-refractivity contribution in [3.63, 3.8) is 0 Å². The van der Waals surface area contributed by atoms with Gasteiger partial charge in [-0.15, -0.1) is 0 Å². The largest absolute Gasteiger partial charge is 0.508 e. The predicted octanol–water partition coefficient (Wildman–Crippen LogP) is 1.59. The quantitative estimate of drug-likeness (QED) is 0.462. The Kier molecular flexibility index (Phi) is 9.03. The van der Waals surface area contributed by atoms with E-state index in [-0.39, 0.29) is 11.3 Å². The second-order valence-corrected chi connectivity index (χ2v) is 9.21. The summed E-state index contributed by atoms with van der Waals surface area (Å²) in [5.74, 6) is -1.79. The molecule has 0 spiro atoms. The molecule has 32 heavy (non-hydrogen) atoms. The molecule has 0 aliphatic rings. The number of aliphatic hydroxyl groups is 1. The standard InChI is InChI=1S/C22H32N4O6/c1-21(2,3)25-18(29)17(14-9-7-8-10-16(14)28)26(12-11-23)19(30)15(13-27)24-20(31)32-22(4,5)6/h7-10,15,17,27-28H,12-13H2,1-6H3,(H,24,31)(H,25,29). The fourth-order valence-electron chi connectivity index (χ4n) is 2.82. The molecule has 0 heterocycles. The molecule has 1 aromatic rings. The molecule has 0 aromatic heterocycles. The number of carbonyl (C=O) groups excluding carboxylic acids is 3. The molecule has 10 heteroatoms. The first kappa shape index (κ1) is 26.7. The van der Waals surface area contributed by atoms with Gasteiger partial charge in [0.15, 0.2) is 0 Å². The highest BCUT2D eigenvalue weighted by Crippen LogP contribution is 2.30. The van der Waals surface area contributed by atoms with Crippen LogP contribution in [0.25, 0.3) is 0 Å². The van der Waals surface area contributed by atoms with Crippen molar-refractivity contribution >= 4 is 17.9 Å². The zero-order valence-electron chi connectivity index (χ0n) is 19.3. The highest BCUT2D eigenvalue weighted by Gasteiger charge is 2.38. The average Bonchev–Trinajstić information content (AvgIpc) is 2.63. The lowest BCUT2D eigenvalue weighted by Crippen LogP contribution is -2.55. The number of para-hydroxylation sites is 1. The summed E-state index contributed by atoms with van der Waals surface area (Å²) in [6.45, 7) is 8.79. The first-order valence-corrected chi connectivity index (χ1v) is 10.1. The van der Waals surface area contributed by atoms with Gasteiger partial charge in [0.05, 0.1) is 12.7 Å². The summed E-state index contributed by atoms with van der Waals surface area (Å²) in [7, 11) is 0. The number of aliphatic hydroxyl groups excluding tert-OH is 1. The maximum absolute atomic E-state index is 13.2. The number of nitrogens with zero attached hydrogens (tertiary/aromatic N) is 2. The number of amides is 3. The number of aromatic hydroxyl groups is 1. The zero-order chi connectivity index (χ0) is 24.7. The smallest absolute Gasteiger partial charge is 0.408 e. The van der Waals surface area contributed by atoms with Crippen LogP contribution in [0.1, 0.15) is 53.1 Å². The molecule has 2 unspecified atom stereocenters. The number of nitriles is 1. The van der Waals surface area contributed by atoms with Crippen LogP contribution < -0.4 is 10.6 Å². The van der Waals surface area contributed by atoms with Gasteiger partial charge in [0, 0.05) is 11.1 Å². The number of rotatable bonds is 7. The van der Waals surface area contributed by atoms with E-state index in [1.807, 2.05) is 6.07 Å². The van der Waals surface area contributed by atoms with Crippen LogP contribution in [-0.2, 0) is 14.3 Å². The lowest BCUT2D eigenvalue weighted by Gasteiger charge is -2.34. The first-order valence-electron chi connectivity index (χ1n) is 10.1. The highest BCUT2D eigenvalue weighted by atomic mass is 16.6. The van der Waals surface area contributed by atoms with E-state index in [1.165, 1.54) is 12.1 Å². The third kappa shape index (κ3) is 8.07. The number of hydrogen-bond donors (Lipinski definition) is 4. The Balaban J connectivity index is 3.39. The lowest BCUT2D eigenvalue weighted by molar-refractivity contribution is -0.143. The molecule has 4 N–H and O–H groups in total. The molecule has 0 fully saturated rings. The van der Waals surface area contributed by atoms with E-state index >= 15 is 0 Å². The van der Waals surface area contributed by atoms with Gasteiger partial charge in [0.2, 0.25) is 11.8 Å². The summed E-state index contributed by atoms with van der Waals surface area (Å²) in [5.41, 5.74) is -1.43. The molecule has 1 aromatic carbocycles. The minimum atomic E-state index is -1.48. The van der Waals surface area contributed by atoms with Gasteiger partial charge < -0.3 is 30.5 Å². The topological polar surface area (TPSA) is 152 Å². The van der Waals surface area contributed by atoms with Crippen molar-refractivity contribution in [1.82, 2.24) is 15.5 Å². The SMILES string of the molecule is CC(C)(C)NC(=O)C(c1ccccc1O)N(CC#N)C(=O)C(CO)NC(=O)OC(C)(C)C.